The molecule has 0 atom stereocenters. The van der Waals surface area contributed by atoms with Crippen LogP contribution < -0.4 is 5.32 Å². The lowest BCUT2D eigenvalue weighted by Crippen LogP contribution is -2.24. The number of nitrogens with one attached hydrogen (secondary N) is 1. The van der Waals surface area contributed by atoms with Gasteiger partial charge in [-0.3, -0.25) is 4.79 Å². The van der Waals surface area contributed by atoms with Crippen LogP contribution in [0.25, 0.3) is 0 Å². The van der Waals surface area contributed by atoms with Crippen molar-refractivity contribution in [2.24, 2.45) is 0 Å². The van der Waals surface area contributed by atoms with Crippen LogP contribution in [0.3, 0.4) is 0 Å². The number of carbonyl (C=O) groups is 1. The van der Waals surface area contributed by atoms with Crippen LogP contribution in [0.15, 0.2) is 24.5 Å². The summed E-state index contributed by atoms with van der Waals surface area (Å²) in [5.74, 6) is 4.92. The Kier molecular flexibility index (Phi) is 4.82. The number of thiazole rings is 1. The third kappa shape index (κ3) is 3.63. The van der Waals surface area contributed by atoms with Crippen molar-refractivity contribution in [1.82, 2.24) is 15.3 Å². The molecule has 2 heterocycles. The third-order valence-electron chi connectivity index (χ3n) is 2.39. The number of amides is 1. The topological polar surface area (TPSA) is 75.1 Å². The number of rotatable bonds is 3. The molecule has 0 aromatic carbocycles. The van der Waals surface area contributed by atoms with E-state index in [9.17, 15) is 4.79 Å². The summed E-state index contributed by atoms with van der Waals surface area (Å²) >= 11 is 1.54. The molecule has 0 aliphatic carbocycles. The molecule has 20 heavy (non-hydrogen) atoms. The quantitative estimate of drug-likeness (QED) is 0.830. The van der Waals surface area contributed by atoms with E-state index in [0.29, 0.717) is 12.1 Å². The van der Waals surface area contributed by atoms with Gasteiger partial charge in [0.15, 0.2) is 0 Å². The molecule has 0 bridgehead atoms. The summed E-state index contributed by atoms with van der Waals surface area (Å²) in [5.41, 5.74) is 0.746. The normalized spacial score (nSPS) is 9.70. The maximum Gasteiger partial charge on any atom is 0.271 e. The average Bonchev–Trinajstić information content (AvgIpc) is 2.88. The highest BCUT2D eigenvalue weighted by Gasteiger charge is 2.11. The second kappa shape index (κ2) is 6.80. The number of hydrogen-bond acceptors (Lipinski definition) is 5. The van der Waals surface area contributed by atoms with Crippen LogP contribution in [0, 0.1) is 18.8 Å². The maximum atomic E-state index is 12.1. The van der Waals surface area contributed by atoms with Crippen molar-refractivity contribution in [3.8, 4) is 11.8 Å². The van der Waals surface area contributed by atoms with Crippen LogP contribution in [0.4, 0.5) is 0 Å². The van der Waals surface area contributed by atoms with E-state index in [1.54, 1.807) is 18.3 Å². The standard InChI is InChI=1S/C14H13N3O2S/c1-10-8-16-12(20-10)9-17-14(19)13-11(5-3-7-18)4-2-6-15-13/h2,4,6,8,18H,7,9H2,1H3,(H,17,19). The zero-order chi connectivity index (χ0) is 14.4. The molecule has 1 amide bonds. The molecule has 0 unspecified atom stereocenters. The van der Waals surface area contributed by atoms with Crippen molar-refractivity contribution in [3.05, 3.63) is 45.7 Å². The van der Waals surface area contributed by atoms with E-state index in [-0.39, 0.29) is 18.2 Å². The van der Waals surface area contributed by atoms with E-state index in [1.807, 2.05) is 6.92 Å². The van der Waals surface area contributed by atoms with Crippen LogP contribution in [0.1, 0.15) is 25.9 Å². The number of aromatic nitrogens is 2. The van der Waals surface area contributed by atoms with Gasteiger partial charge < -0.3 is 10.4 Å². The van der Waals surface area contributed by atoms with Crippen molar-refractivity contribution >= 4 is 17.2 Å². The minimum atomic E-state index is -0.305. The summed E-state index contributed by atoms with van der Waals surface area (Å²) < 4.78 is 0. The summed E-state index contributed by atoms with van der Waals surface area (Å²) in [6.07, 6.45) is 3.30. The summed E-state index contributed by atoms with van der Waals surface area (Å²) in [4.78, 5) is 21.4. The van der Waals surface area contributed by atoms with E-state index in [0.717, 1.165) is 9.88 Å². The van der Waals surface area contributed by atoms with E-state index in [2.05, 4.69) is 27.1 Å². The molecule has 0 spiro atoms. The van der Waals surface area contributed by atoms with Gasteiger partial charge in [-0.15, -0.1) is 11.3 Å². The number of aryl methyl sites for hydroxylation is 1. The van der Waals surface area contributed by atoms with Crippen molar-refractivity contribution < 1.29 is 9.90 Å². The first kappa shape index (κ1) is 14.2. The van der Waals surface area contributed by atoms with Crippen LogP contribution in [0.2, 0.25) is 0 Å². The van der Waals surface area contributed by atoms with Gasteiger partial charge in [0.05, 0.1) is 12.1 Å². The Labute approximate surface area is 120 Å². The van der Waals surface area contributed by atoms with Gasteiger partial charge >= 0.3 is 0 Å². The first-order valence-corrected chi connectivity index (χ1v) is 6.76. The number of hydrogen-bond donors (Lipinski definition) is 2. The highest BCUT2D eigenvalue weighted by molar-refractivity contribution is 7.11. The fourth-order valence-electron chi connectivity index (χ4n) is 1.54. The summed E-state index contributed by atoms with van der Waals surface area (Å²) in [6, 6.07) is 3.39. The molecule has 0 radical (unpaired) electrons. The summed E-state index contributed by atoms with van der Waals surface area (Å²) in [6.45, 7) is 2.07. The molecule has 2 aromatic rings. The van der Waals surface area contributed by atoms with Crippen molar-refractivity contribution in [2.75, 3.05) is 6.61 Å². The SMILES string of the molecule is Cc1cnc(CNC(=O)c2ncccc2C#CCO)s1. The molecule has 2 rings (SSSR count). The van der Waals surface area contributed by atoms with Gasteiger partial charge in [-0.2, -0.15) is 0 Å². The second-order valence-electron chi connectivity index (χ2n) is 3.91. The Morgan fingerprint density at radius 2 is 2.35 bits per heavy atom. The summed E-state index contributed by atoms with van der Waals surface area (Å²) in [7, 11) is 0. The van der Waals surface area contributed by atoms with Gasteiger partial charge in [0, 0.05) is 17.3 Å². The van der Waals surface area contributed by atoms with Gasteiger partial charge in [-0.1, -0.05) is 11.8 Å². The highest BCUT2D eigenvalue weighted by Crippen LogP contribution is 2.11. The maximum absolute atomic E-state index is 12.1. The highest BCUT2D eigenvalue weighted by atomic mass is 32.1. The minimum absolute atomic E-state index is 0.252. The van der Waals surface area contributed by atoms with Gasteiger partial charge in [-0.05, 0) is 19.1 Å². The lowest BCUT2D eigenvalue weighted by atomic mass is 10.2. The van der Waals surface area contributed by atoms with E-state index in [1.165, 1.54) is 17.5 Å². The Morgan fingerprint density at radius 1 is 1.50 bits per heavy atom. The lowest BCUT2D eigenvalue weighted by Gasteiger charge is -2.04. The van der Waals surface area contributed by atoms with Crippen LogP contribution in [0.5, 0.6) is 0 Å². The Hall–Kier alpha value is -2.23. The van der Waals surface area contributed by atoms with Crippen LogP contribution in [-0.2, 0) is 6.54 Å². The number of carbonyl (C=O) groups excluding carboxylic acids is 1. The largest absolute Gasteiger partial charge is 0.384 e. The number of aliphatic hydroxyl groups excluding tert-OH is 1. The second-order valence-corrected chi connectivity index (χ2v) is 5.23. The molecule has 5 nitrogen and oxygen atoms in total. The molecule has 2 N–H and O–H groups in total. The predicted octanol–water partition coefficient (Wildman–Crippen LogP) is 1.12. The van der Waals surface area contributed by atoms with Gasteiger partial charge in [0.1, 0.15) is 17.3 Å². The van der Waals surface area contributed by atoms with E-state index < -0.39 is 0 Å². The predicted molar refractivity (Wildman–Crippen MR) is 76.2 cm³/mol. The van der Waals surface area contributed by atoms with Gasteiger partial charge in [0.25, 0.3) is 5.91 Å². The molecular weight excluding hydrogens is 274 g/mol. The third-order valence-corrected chi connectivity index (χ3v) is 3.31. The first-order chi connectivity index (χ1) is 9.70. The Balaban J connectivity index is 2.09. The molecule has 0 saturated heterocycles. The molecule has 0 saturated carbocycles. The molecule has 0 fully saturated rings. The van der Waals surface area contributed by atoms with Crippen molar-refractivity contribution in [2.45, 2.75) is 13.5 Å². The smallest absolute Gasteiger partial charge is 0.271 e. The zero-order valence-electron chi connectivity index (χ0n) is 10.9. The molecule has 6 heteroatoms. The Bertz CT molecular complexity index is 670. The number of pyridine rings is 1. The number of aliphatic hydroxyl groups is 1. The minimum Gasteiger partial charge on any atom is -0.384 e. The van der Waals surface area contributed by atoms with E-state index in [4.69, 9.17) is 5.11 Å². The lowest BCUT2D eigenvalue weighted by molar-refractivity contribution is 0.0945. The fraction of sp³-hybridized carbons (Fsp3) is 0.214. The molecule has 0 aliphatic rings. The van der Waals surface area contributed by atoms with Crippen LogP contribution in [-0.4, -0.2) is 27.6 Å². The van der Waals surface area contributed by atoms with Gasteiger partial charge in [-0.25, -0.2) is 9.97 Å². The summed E-state index contributed by atoms with van der Waals surface area (Å²) in [5, 5.41) is 12.3. The molecule has 0 aliphatic heterocycles. The Morgan fingerprint density at radius 3 is 3.05 bits per heavy atom. The first-order valence-electron chi connectivity index (χ1n) is 5.95. The molecule has 102 valence electrons. The monoisotopic (exact) mass is 287 g/mol. The fourth-order valence-corrected chi connectivity index (χ4v) is 2.27. The van der Waals surface area contributed by atoms with Gasteiger partial charge in [0.2, 0.25) is 0 Å². The molecule has 2 aromatic heterocycles. The zero-order valence-corrected chi connectivity index (χ0v) is 11.7. The van der Waals surface area contributed by atoms with Crippen molar-refractivity contribution in [3.63, 3.8) is 0 Å². The van der Waals surface area contributed by atoms with Crippen LogP contribution >= 0.6 is 11.3 Å². The van der Waals surface area contributed by atoms with E-state index >= 15 is 0 Å². The molecular formula is C14H13N3O2S. The van der Waals surface area contributed by atoms with Crippen molar-refractivity contribution in [1.29, 1.82) is 0 Å². The average molecular weight is 287 g/mol. The number of nitrogens with zero attached hydrogens (tertiary/aromatic N) is 2.